The van der Waals surface area contributed by atoms with E-state index in [4.69, 9.17) is 14.5 Å². The summed E-state index contributed by atoms with van der Waals surface area (Å²) in [5, 5.41) is 0. The maximum Gasteiger partial charge on any atom is 0.302 e. The number of carbonyl (C=O) groups excluding carboxylic acids is 2. The van der Waals surface area contributed by atoms with E-state index in [1.54, 1.807) is 0 Å². The lowest BCUT2D eigenvalue weighted by Crippen LogP contribution is -2.70. The lowest BCUT2D eigenvalue weighted by Gasteiger charge is -2.64. The first kappa shape index (κ1) is 15.0. The SMILES string of the molecule is CC(=O)OC1CC[C@@]23CC1OO[C@]2(C)C(=O)CCC3(C)C. The van der Waals surface area contributed by atoms with E-state index in [-0.39, 0.29) is 34.8 Å². The average Bonchev–Trinajstić information content (AvgIpc) is 2.41. The molecule has 5 heteroatoms. The van der Waals surface area contributed by atoms with Crippen LogP contribution in [0.2, 0.25) is 0 Å². The van der Waals surface area contributed by atoms with Crippen molar-refractivity contribution < 1.29 is 24.1 Å². The zero-order valence-corrected chi connectivity index (χ0v) is 13.2. The minimum absolute atomic E-state index is 0.00111. The van der Waals surface area contributed by atoms with Gasteiger partial charge < -0.3 is 4.74 Å². The molecule has 1 aliphatic heterocycles. The Labute approximate surface area is 125 Å². The van der Waals surface area contributed by atoms with Gasteiger partial charge in [-0.15, -0.1) is 0 Å². The predicted molar refractivity (Wildman–Crippen MR) is 74.2 cm³/mol. The van der Waals surface area contributed by atoms with Gasteiger partial charge in [-0.2, -0.15) is 0 Å². The van der Waals surface area contributed by atoms with Gasteiger partial charge in [-0.1, -0.05) is 13.8 Å². The summed E-state index contributed by atoms with van der Waals surface area (Å²) in [6.45, 7) is 7.72. The van der Waals surface area contributed by atoms with Crippen LogP contribution in [-0.4, -0.2) is 29.6 Å². The van der Waals surface area contributed by atoms with Gasteiger partial charge in [0, 0.05) is 18.8 Å². The van der Waals surface area contributed by atoms with Crippen molar-refractivity contribution in [3.8, 4) is 0 Å². The van der Waals surface area contributed by atoms with E-state index in [2.05, 4.69) is 13.8 Å². The highest BCUT2D eigenvalue weighted by Crippen LogP contribution is 2.64. The smallest absolute Gasteiger partial charge is 0.302 e. The Morgan fingerprint density at radius 1 is 1.29 bits per heavy atom. The monoisotopic (exact) mass is 296 g/mol. The maximum absolute atomic E-state index is 12.5. The molecule has 1 spiro atoms. The van der Waals surface area contributed by atoms with Crippen molar-refractivity contribution >= 4 is 11.8 Å². The highest BCUT2D eigenvalue weighted by molar-refractivity contribution is 5.89. The van der Waals surface area contributed by atoms with Gasteiger partial charge in [0.15, 0.2) is 11.4 Å². The summed E-state index contributed by atoms with van der Waals surface area (Å²) in [6.07, 6.45) is 3.11. The van der Waals surface area contributed by atoms with E-state index in [9.17, 15) is 9.59 Å². The number of Topliss-reactive ketones (excluding diaryl/α,β-unsaturated/α-hetero) is 1. The zero-order valence-electron chi connectivity index (χ0n) is 13.2. The van der Waals surface area contributed by atoms with Gasteiger partial charge in [-0.3, -0.25) is 9.59 Å². The van der Waals surface area contributed by atoms with Crippen molar-refractivity contribution in [2.24, 2.45) is 10.8 Å². The van der Waals surface area contributed by atoms with E-state index in [0.717, 1.165) is 19.3 Å². The van der Waals surface area contributed by atoms with E-state index in [1.807, 2.05) is 6.92 Å². The standard InChI is InChI=1S/C16H24O5/c1-10(17)19-11-5-8-16-9-12(11)20-21-15(16,4)13(18)6-7-14(16,2)3/h11-12H,5-9H2,1-4H3/t11?,12?,15-,16+/m1/s1. The summed E-state index contributed by atoms with van der Waals surface area (Å²) < 4.78 is 5.35. The molecule has 21 heavy (non-hydrogen) atoms. The molecular weight excluding hydrogens is 272 g/mol. The first-order chi connectivity index (χ1) is 9.72. The molecule has 2 unspecified atom stereocenters. The van der Waals surface area contributed by atoms with Gasteiger partial charge in [0.2, 0.25) is 0 Å². The first-order valence-electron chi connectivity index (χ1n) is 7.77. The van der Waals surface area contributed by atoms with Crippen LogP contribution in [-0.2, 0) is 24.1 Å². The van der Waals surface area contributed by atoms with Gasteiger partial charge in [0.1, 0.15) is 12.2 Å². The molecule has 2 bridgehead atoms. The molecular formula is C16H24O5. The van der Waals surface area contributed by atoms with Crippen LogP contribution in [0, 0.1) is 10.8 Å². The fourth-order valence-electron chi connectivity index (χ4n) is 4.74. The Hall–Kier alpha value is -0.940. The predicted octanol–water partition coefficient (Wildman–Crippen LogP) is 2.57. The molecule has 2 aliphatic carbocycles. The molecule has 0 N–H and O–H groups in total. The quantitative estimate of drug-likeness (QED) is 0.550. The topological polar surface area (TPSA) is 61.8 Å². The number of carbonyl (C=O) groups is 2. The summed E-state index contributed by atoms with van der Waals surface area (Å²) in [6, 6.07) is 0. The number of rotatable bonds is 1. The van der Waals surface area contributed by atoms with Crippen molar-refractivity contribution in [1.82, 2.24) is 0 Å². The highest BCUT2D eigenvalue weighted by atomic mass is 17.2. The second kappa shape index (κ2) is 4.53. The van der Waals surface area contributed by atoms with Gasteiger partial charge in [0.05, 0.1) is 0 Å². The van der Waals surface area contributed by atoms with E-state index in [0.29, 0.717) is 12.8 Å². The molecule has 3 fully saturated rings. The number of hydrogen-bond acceptors (Lipinski definition) is 5. The van der Waals surface area contributed by atoms with Crippen molar-refractivity contribution in [1.29, 1.82) is 0 Å². The number of esters is 1. The third-order valence-electron chi connectivity index (χ3n) is 6.19. The van der Waals surface area contributed by atoms with Gasteiger partial charge in [0.25, 0.3) is 0 Å². The third kappa shape index (κ3) is 1.90. The zero-order chi connectivity index (χ0) is 15.5. The fraction of sp³-hybridized carbons (Fsp3) is 0.875. The second-order valence-corrected chi connectivity index (χ2v) is 7.53. The summed E-state index contributed by atoms with van der Waals surface area (Å²) in [4.78, 5) is 34.9. The van der Waals surface area contributed by atoms with Crippen molar-refractivity contribution in [2.45, 2.75) is 77.6 Å². The minimum atomic E-state index is -0.882. The molecule has 118 valence electrons. The number of hydrogen-bond donors (Lipinski definition) is 0. The summed E-state index contributed by atoms with van der Waals surface area (Å²) in [5.41, 5.74) is -1.12. The van der Waals surface area contributed by atoms with Crippen molar-refractivity contribution in [3.63, 3.8) is 0 Å². The molecule has 0 aromatic carbocycles. The summed E-state index contributed by atoms with van der Waals surface area (Å²) in [5.74, 6) is -0.168. The summed E-state index contributed by atoms with van der Waals surface area (Å²) in [7, 11) is 0. The lowest BCUT2D eigenvalue weighted by atomic mass is 9.45. The Kier molecular flexibility index (Phi) is 3.23. The van der Waals surface area contributed by atoms with Gasteiger partial charge >= 0.3 is 5.97 Å². The van der Waals surface area contributed by atoms with Crippen LogP contribution in [0.4, 0.5) is 0 Å². The molecule has 3 rings (SSSR count). The fourth-order valence-corrected chi connectivity index (χ4v) is 4.74. The number of ether oxygens (including phenoxy) is 1. The average molecular weight is 296 g/mol. The van der Waals surface area contributed by atoms with Crippen LogP contribution in [0.3, 0.4) is 0 Å². The van der Waals surface area contributed by atoms with Crippen molar-refractivity contribution in [2.75, 3.05) is 0 Å². The maximum atomic E-state index is 12.5. The molecule has 0 radical (unpaired) electrons. The van der Waals surface area contributed by atoms with Crippen molar-refractivity contribution in [3.05, 3.63) is 0 Å². The molecule has 1 saturated heterocycles. The molecule has 0 amide bonds. The lowest BCUT2D eigenvalue weighted by molar-refractivity contribution is -0.456. The van der Waals surface area contributed by atoms with E-state index >= 15 is 0 Å². The Balaban J connectivity index is 1.95. The van der Waals surface area contributed by atoms with Crippen LogP contribution in [0.25, 0.3) is 0 Å². The normalized spacial score (nSPS) is 44.9. The molecule has 0 aromatic heterocycles. The minimum Gasteiger partial charge on any atom is -0.460 e. The van der Waals surface area contributed by atoms with Crippen LogP contribution in [0.1, 0.15) is 59.8 Å². The largest absolute Gasteiger partial charge is 0.460 e. The number of ketones is 1. The summed E-state index contributed by atoms with van der Waals surface area (Å²) >= 11 is 0. The van der Waals surface area contributed by atoms with Crippen LogP contribution >= 0.6 is 0 Å². The second-order valence-electron chi connectivity index (χ2n) is 7.53. The first-order valence-corrected chi connectivity index (χ1v) is 7.77. The Morgan fingerprint density at radius 2 is 2.00 bits per heavy atom. The molecule has 0 aromatic rings. The van der Waals surface area contributed by atoms with Crippen LogP contribution < -0.4 is 0 Å². The molecule has 3 aliphatic rings. The van der Waals surface area contributed by atoms with Crippen LogP contribution in [0.5, 0.6) is 0 Å². The van der Waals surface area contributed by atoms with Gasteiger partial charge in [-0.05, 0) is 38.0 Å². The van der Waals surface area contributed by atoms with Crippen LogP contribution in [0.15, 0.2) is 0 Å². The Bertz CT molecular complexity index is 485. The van der Waals surface area contributed by atoms with E-state index in [1.165, 1.54) is 6.92 Å². The highest BCUT2D eigenvalue weighted by Gasteiger charge is 2.69. The Morgan fingerprint density at radius 3 is 2.67 bits per heavy atom. The van der Waals surface area contributed by atoms with Gasteiger partial charge in [-0.25, -0.2) is 9.78 Å². The molecule has 2 saturated carbocycles. The molecule has 4 atom stereocenters. The van der Waals surface area contributed by atoms with E-state index < -0.39 is 5.60 Å². The molecule has 1 heterocycles. The third-order valence-corrected chi connectivity index (χ3v) is 6.19. The molecule has 5 nitrogen and oxygen atoms in total. The number of fused-ring (bicyclic) bond motifs is 1.